The number of hydrogen-bond acceptors (Lipinski definition) is 5. The van der Waals surface area contributed by atoms with Gasteiger partial charge in [0.15, 0.2) is 0 Å². The molecule has 9 heteroatoms. The van der Waals surface area contributed by atoms with Gasteiger partial charge in [0.05, 0.1) is 16.4 Å². The van der Waals surface area contributed by atoms with Crippen LogP contribution >= 0.6 is 22.9 Å². The van der Waals surface area contributed by atoms with Crippen LogP contribution in [0.3, 0.4) is 0 Å². The summed E-state index contributed by atoms with van der Waals surface area (Å²) in [7, 11) is -1.98. The maximum atomic E-state index is 12.9. The van der Waals surface area contributed by atoms with Gasteiger partial charge in [-0.25, -0.2) is 18.4 Å². The predicted octanol–water partition coefficient (Wildman–Crippen LogP) is 4.97. The monoisotopic (exact) mass is 444 g/mol. The number of hydrogen-bond donors (Lipinski definition) is 1. The van der Waals surface area contributed by atoms with E-state index in [4.69, 9.17) is 16.6 Å². The van der Waals surface area contributed by atoms with Gasteiger partial charge < -0.3 is 4.57 Å². The first kappa shape index (κ1) is 19.6. The summed E-state index contributed by atoms with van der Waals surface area (Å²) >= 11 is 7.29. The molecular weight excluding hydrogens is 428 g/mol. The molecular formula is C20H17ClN4O2S2. The Morgan fingerprint density at radius 1 is 1.14 bits per heavy atom. The van der Waals surface area contributed by atoms with Crippen molar-refractivity contribution in [2.45, 2.75) is 11.8 Å². The Bertz CT molecular complexity index is 1260. The van der Waals surface area contributed by atoms with E-state index in [2.05, 4.69) is 9.71 Å². The lowest BCUT2D eigenvalue weighted by Crippen LogP contribution is -2.14. The lowest BCUT2D eigenvalue weighted by atomic mass is 10.2. The second kappa shape index (κ2) is 7.62. The van der Waals surface area contributed by atoms with Crippen molar-refractivity contribution in [3.8, 4) is 22.0 Å². The zero-order valence-corrected chi connectivity index (χ0v) is 18.0. The number of rotatable bonds is 5. The van der Waals surface area contributed by atoms with Gasteiger partial charge in [0, 0.05) is 29.9 Å². The average Bonchev–Trinajstić information content (AvgIpc) is 3.30. The molecule has 148 valence electrons. The summed E-state index contributed by atoms with van der Waals surface area (Å²) < 4.78 is 30.2. The standard InChI is InChI=1S/C20H17ClN4O2S2/c1-13-18(29(26,27)24-19-9-8-15(21)11-22-19)10-17(25(13)2)20-23-16(12-28-20)14-6-4-3-5-7-14/h3-12H,1-2H3,(H,22,24). The Hall–Kier alpha value is -2.68. The SMILES string of the molecule is Cc1c(S(=O)(=O)Nc2ccc(Cl)cn2)cc(-c2nc(-c3ccccc3)cs2)n1C. The van der Waals surface area contributed by atoms with Crippen LogP contribution in [0.1, 0.15) is 5.69 Å². The van der Waals surface area contributed by atoms with Crippen LogP contribution in [0.5, 0.6) is 0 Å². The van der Waals surface area contributed by atoms with Crippen molar-refractivity contribution in [1.29, 1.82) is 0 Å². The number of halogens is 1. The molecule has 0 aliphatic carbocycles. The Morgan fingerprint density at radius 2 is 1.90 bits per heavy atom. The number of sulfonamides is 1. The maximum Gasteiger partial charge on any atom is 0.264 e. The van der Waals surface area contributed by atoms with Crippen molar-refractivity contribution in [3.63, 3.8) is 0 Å². The van der Waals surface area contributed by atoms with E-state index in [0.29, 0.717) is 10.7 Å². The van der Waals surface area contributed by atoms with E-state index in [9.17, 15) is 8.42 Å². The van der Waals surface area contributed by atoms with Gasteiger partial charge in [-0.2, -0.15) is 0 Å². The highest BCUT2D eigenvalue weighted by Crippen LogP contribution is 2.33. The fraction of sp³-hybridized carbons (Fsp3) is 0.100. The molecule has 0 amide bonds. The van der Waals surface area contributed by atoms with E-state index in [1.54, 1.807) is 19.1 Å². The summed E-state index contributed by atoms with van der Waals surface area (Å²) in [5.41, 5.74) is 3.22. The molecule has 4 rings (SSSR count). The largest absolute Gasteiger partial charge is 0.345 e. The molecule has 0 aliphatic rings. The Kier molecular flexibility index (Phi) is 5.16. The van der Waals surface area contributed by atoms with Gasteiger partial charge in [0.1, 0.15) is 15.7 Å². The molecule has 29 heavy (non-hydrogen) atoms. The number of aromatic nitrogens is 3. The number of nitrogens with one attached hydrogen (secondary N) is 1. The van der Waals surface area contributed by atoms with E-state index in [-0.39, 0.29) is 10.7 Å². The molecule has 0 fully saturated rings. The average molecular weight is 445 g/mol. The fourth-order valence-electron chi connectivity index (χ4n) is 2.91. The summed E-state index contributed by atoms with van der Waals surface area (Å²) in [5.74, 6) is 0.208. The normalized spacial score (nSPS) is 11.6. The highest BCUT2D eigenvalue weighted by Gasteiger charge is 2.24. The molecule has 0 saturated heterocycles. The zero-order chi connectivity index (χ0) is 20.6. The van der Waals surface area contributed by atoms with E-state index in [0.717, 1.165) is 22.0 Å². The third kappa shape index (κ3) is 3.91. The molecule has 0 atom stereocenters. The Morgan fingerprint density at radius 3 is 2.59 bits per heavy atom. The van der Waals surface area contributed by atoms with Gasteiger partial charge in [0.25, 0.3) is 10.0 Å². The minimum absolute atomic E-state index is 0.184. The van der Waals surface area contributed by atoms with Crippen LogP contribution in [0.25, 0.3) is 22.0 Å². The quantitative estimate of drug-likeness (QED) is 0.471. The van der Waals surface area contributed by atoms with Crippen molar-refractivity contribution in [2.75, 3.05) is 4.72 Å². The molecule has 0 radical (unpaired) electrons. The molecule has 0 unspecified atom stereocenters. The van der Waals surface area contributed by atoms with Crippen LogP contribution < -0.4 is 4.72 Å². The number of thiazole rings is 1. The molecule has 0 bridgehead atoms. The first-order chi connectivity index (χ1) is 13.8. The Balaban J connectivity index is 1.69. The van der Waals surface area contributed by atoms with E-state index >= 15 is 0 Å². The van der Waals surface area contributed by atoms with Crippen molar-refractivity contribution in [2.24, 2.45) is 7.05 Å². The van der Waals surface area contributed by atoms with Crippen LogP contribution in [-0.2, 0) is 17.1 Å². The maximum absolute atomic E-state index is 12.9. The second-order valence-corrected chi connectivity index (χ2v) is 9.35. The first-order valence-electron chi connectivity index (χ1n) is 8.67. The Labute approximate surface area is 177 Å². The number of pyridine rings is 1. The van der Waals surface area contributed by atoms with Crippen molar-refractivity contribution in [1.82, 2.24) is 14.5 Å². The molecule has 0 aliphatic heterocycles. The molecule has 3 aromatic heterocycles. The fourth-order valence-corrected chi connectivity index (χ4v) is 5.20. The van der Waals surface area contributed by atoms with Crippen molar-refractivity contribution >= 4 is 38.8 Å². The van der Waals surface area contributed by atoms with Crippen LogP contribution in [0.15, 0.2) is 65.0 Å². The summed E-state index contributed by atoms with van der Waals surface area (Å²) in [4.78, 5) is 8.88. The van der Waals surface area contributed by atoms with Crippen molar-refractivity contribution in [3.05, 3.63) is 70.8 Å². The lowest BCUT2D eigenvalue weighted by molar-refractivity contribution is 0.600. The van der Waals surface area contributed by atoms with Gasteiger partial charge in [-0.3, -0.25) is 4.72 Å². The smallest absolute Gasteiger partial charge is 0.264 e. The molecule has 0 spiro atoms. The molecule has 1 N–H and O–H groups in total. The summed E-state index contributed by atoms with van der Waals surface area (Å²) in [6, 6.07) is 14.6. The summed E-state index contributed by atoms with van der Waals surface area (Å²) in [6.45, 7) is 1.76. The minimum atomic E-state index is -3.81. The highest BCUT2D eigenvalue weighted by atomic mass is 35.5. The third-order valence-corrected chi connectivity index (χ3v) is 7.10. The molecule has 0 saturated carbocycles. The van der Waals surface area contributed by atoms with Crippen LogP contribution in [0, 0.1) is 6.92 Å². The molecule has 3 heterocycles. The third-order valence-electron chi connectivity index (χ3n) is 4.54. The van der Waals surface area contributed by atoms with E-state index in [1.165, 1.54) is 23.6 Å². The number of nitrogens with zero attached hydrogens (tertiary/aromatic N) is 3. The second-order valence-electron chi connectivity index (χ2n) is 6.41. The summed E-state index contributed by atoms with van der Waals surface area (Å²) in [6.07, 6.45) is 1.39. The van der Waals surface area contributed by atoms with Crippen LogP contribution in [0.4, 0.5) is 5.82 Å². The molecule has 4 aromatic rings. The van der Waals surface area contributed by atoms with Gasteiger partial charge in [-0.05, 0) is 25.1 Å². The van der Waals surface area contributed by atoms with E-state index in [1.807, 2.05) is 47.3 Å². The molecule has 1 aromatic carbocycles. The van der Waals surface area contributed by atoms with Gasteiger partial charge in [-0.1, -0.05) is 41.9 Å². The number of anilines is 1. The van der Waals surface area contributed by atoms with Crippen LogP contribution in [0.2, 0.25) is 5.02 Å². The van der Waals surface area contributed by atoms with Gasteiger partial charge in [-0.15, -0.1) is 11.3 Å². The first-order valence-corrected chi connectivity index (χ1v) is 11.4. The van der Waals surface area contributed by atoms with E-state index < -0.39 is 10.0 Å². The number of benzene rings is 1. The van der Waals surface area contributed by atoms with Gasteiger partial charge in [0.2, 0.25) is 0 Å². The highest BCUT2D eigenvalue weighted by molar-refractivity contribution is 7.92. The van der Waals surface area contributed by atoms with Gasteiger partial charge >= 0.3 is 0 Å². The molecule has 6 nitrogen and oxygen atoms in total. The van der Waals surface area contributed by atoms with Crippen LogP contribution in [-0.4, -0.2) is 23.0 Å². The lowest BCUT2D eigenvalue weighted by Gasteiger charge is -2.07. The minimum Gasteiger partial charge on any atom is -0.345 e. The topological polar surface area (TPSA) is 76.9 Å². The van der Waals surface area contributed by atoms with Crippen molar-refractivity contribution < 1.29 is 8.42 Å². The zero-order valence-electron chi connectivity index (χ0n) is 15.6. The predicted molar refractivity (Wildman–Crippen MR) is 117 cm³/mol. The summed E-state index contributed by atoms with van der Waals surface area (Å²) in [5, 5.41) is 3.15.